The number of carbonyl (C=O) groups excluding carboxylic acids is 1. The molecule has 1 N–H and O–H groups in total. The van der Waals surface area contributed by atoms with E-state index in [-0.39, 0.29) is 18.0 Å². The summed E-state index contributed by atoms with van der Waals surface area (Å²) in [5.74, 6) is 1.91. The van der Waals surface area contributed by atoms with Crippen LogP contribution in [0.25, 0.3) is 27.8 Å². The summed E-state index contributed by atoms with van der Waals surface area (Å²) in [6.07, 6.45) is 15.4. The van der Waals surface area contributed by atoms with E-state index in [2.05, 4.69) is 49.7 Å². The summed E-state index contributed by atoms with van der Waals surface area (Å²) < 4.78 is 3.52. The summed E-state index contributed by atoms with van der Waals surface area (Å²) in [5.41, 5.74) is 4.56. The molecular weight excluding hydrogens is 562 g/mol. The normalized spacial score (nSPS) is 23.9. The third-order valence-corrected chi connectivity index (χ3v) is 9.80. The minimum absolute atomic E-state index is 0.0297. The zero-order valence-corrected chi connectivity index (χ0v) is 24.2. The molecule has 10 nitrogen and oxygen atoms in total. The summed E-state index contributed by atoms with van der Waals surface area (Å²) in [4.78, 5) is 25.3. The van der Waals surface area contributed by atoms with Gasteiger partial charge in [-0.3, -0.25) is 9.48 Å². The number of carbonyl (C=O) groups is 1. The van der Waals surface area contributed by atoms with Crippen molar-refractivity contribution in [3.63, 3.8) is 0 Å². The number of amides is 1. The SMILES string of the molecule is Cn1cc(-c2cc(-c3ccc(N4[C@@H]5C[C@@H]6C[C@H]4C[C@@](C(=O)Nc4ncccc4Cl)(C6)C5)nc3)c3c(C#N)cnn3c2)cn1. The molecule has 4 bridgehead atoms. The van der Waals surface area contributed by atoms with E-state index in [0.717, 1.165) is 65.7 Å². The van der Waals surface area contributed by atoms with Gasteiger partial charge in [0, 0.05) is 66.2 Å². The van der Waals surface area contributed by atoms with Gasteiger partial charge in [0.15, 0.2) is 5.82 Å². The number of nitrogens with one attached hydrogen (secondary N) is 1. The minimum atomic E-state index is -0.415. The number of halogens is 1. The second-order valence-electron chi connectivity index (χ2n) is 12.1. The van der Waals surface area contributed by atoms with Crippen LogP contribution in [0.1, 0.15) is 37.7 Å². The van der Waals surface area contributed by atoms with Crippen molar-refractivity contribution in [2.24, 2.45) is 18.4 Å². The van der Waals surface area contributed by atoms with Gasteiger partial charge < -0.3 is 10.2 Å². The maximum Gasteiger partial charge on any atom is 0.231 e. The molecule has 5 aromatic rings. The molecule has 43 heavy (non-hydrogen) atoms. The van der Waals surface area contributed by atoms with Crippen LogP contribution in [0.5, 0.6) is 0 Å². The van der Waals surface area contributed by atoms with Crippen molar-refractivity contribution < 1.29 is 4.79 Å². The number of fused-ring (bicyclic) bond motifs is 1. The Morgan fingerprint density at radius 2 is 1.86 bits per heavy atom. The van der Waals surface area contributed by atoms with Crippen molar-refractivity contribution in [1.82, 2.24) is 29.4 Å². The van der Waals surface area contributed by atoms with Crippen molar-refractivity contribution in [2.75, 3.05) is 10.2 Å². The first-order valence-electron chi connectivity index (χ1n) is 14.5. The van der Waals surface area contributed by atoms with E-state index in [4.69, 9.17) is 16.6 Å². The molecule has 7 heterocycles. The molecule has 2 saturated carbocycles. The van der Waals surface area contributed by atoms with E-state index in [9.17, 15) is 10.1 Å². The van der Waals surface area contributed by atoms with Crippen molar-refractivity contribution in [2.45, 2.75) is 44.2 Å². The van der Waals surface area contributed by atoms with Gasteiger partial charge in [0.2, 0.25) is 5.91 Å². The maximum absolute atomic E-state index is 13.7. The molecule has 4 fully saturated rings. The zero-order valence-electron chi connectivity index (χ0n) is 23.5. The first kappa shape index (κ1) is 25.9. The van der Waals surface area contributed by atoms with Crippen LogP contribution in [-0.4, -0.2) is 47.4 Å². The lowest BCUT2D eigenvalue weighted by Gasteiger charge is -2.61. The van der Waals surface area contributed by atoms with Crippen LogP contribution >= 0.6 is 11.6 Å². The molecule has 2 aliphatic heterocycles. The second kappa shape index (κ2) is 9.64. The highest BCUT2D eigenvalue weighted by atomic mass is 35.5. The van der Waals surface area contributed by atoms with Gasteiger partial charge in [-0.15, -0.1) is 0 Å². The van der Waals surface area contributed by atoms with Gasteiger partial charge >= 0.3 is 0 Å². The highest BCUT2D eigenvalue weighted by Gasteiger charge is 2.58. The number of nitriles is 1. The van der Waals surface area contributed by atoms with Crippen LogP contribution in [-0.2, 0) is 11.8 Å². The van der Waals surface area contributed by atoms with Crippen molar-refractivity contribution >= 4 is 34.7 Å². The Labute approximate surface area is 252 Å². The van der Waals surface area contributed by atoms with E-state index in [1.165, 1.54) is 0 Å². The fraction of sp³-hybridized carbons (Fsp3) is 0.312. The molecule has 11 heteroatoms. The molecule has 214 valence electrons. The average molecular weight is 590 g/mol. The average Bonchev–Trinajstić information content (AvgIpc) is 3.63. The third kappa shape index (κ3) is 4.18. The number of anilines is 2. The Morgan fingerprint density at radius 1 is 1.02 bits per heavy atom. The number of rotatable bonds is 5. The Morgan fingerprint density at radius 3 is 2.56 bits per heavy atom. The second-order valence-corrected chi connectivity index (χ2v) is 12.6. The molecule has 0 radical (unpaired) electrons. The molecule has 2 aliphatic carbocycles. The lowest BCUT2D eigenvalue weighted by atomic mass is 9.55. The van der Waals surface area contributed by atoms with Gasteiger partial charge in [0.05, 0.1) is 33.9 Å². The number of hydrogen-bond donors (Lipinski definition) is 1. The topological polar surface area (TPSA) is 117 Å². The molecule has 0 spiro atoms. The van der Waals surface area contributed by atoms with Crippen LogP contribution in [0.3, 0.4) is 0 Å². The van der Waals surface area contributed by atoms with Crippen LogP contribution in [0, 0.1) is 22.7 Å². The Kier molecular flexibility index (Phi) is 5.81. The Balaban J connectivity index is 1.10. The van der Waals surface area contributed by atoms with E-state index in [1.807, 2.05) is 31.8 Å². The lowest BCUT2D eigenvalue weighted by molar-refractivity contribution is -0.134. The number of nitrogens with zero attached hydrogens (tertiary/aromatic N) is 8. The van der Waals surface area contributed by atoms with E-state index >= 15 is 0 Å². The third-order valence-electron chi connectivity index (χ3n) is 9.50. The van der Waals surface area contributed by atoms with E-state index in [0.29, 0.717) is 22.3 Å². The van der Waals surface area contributed by atoms with Gasteiger partial charge in [0.25, 0.3) is 0 Å². The zero-order chi connectivity index (χ0) is 29.3. The number of hydrogen-bond acceptors (Lipinski definition) is 7. The monoisotopic (exact) mass is 589 g/mol. The fourth-order valence-electron chi connectivity index (χ4n) is 7.85. The van der Waals surface area contributed by atoms with Gasteiger partial charge in [-0.25, -0.2) is 14.5 Å². The summed E-state index contributed by atoms with van der Waals surface area (Å²) in [5, 5.41) is 22.1. The van der Waals surface area contributed by atoms with E-state index < -0.39 is 5.41 Å². The summed E-state index contributed by atoms with van der Waals surface area (Å²) in [7, 11) is 1.89. The molecule has 5 aromatic heterocycles. The maximum atomic E-state index is 13.7. The Hall–Kier alpha value is -4.75. The van der Waals surface area contributed by atoms with Crippen molar-refractivity contribution in [1.29, 1.82) is 5.26 Å². The molecule has 0 unspecified atom stereocenters. The molecule has 4 aliphatic rings. The van der Waals surface area contributed by atoms with Crippen LogP contribution < -0.4 is 10.2 Å². The quantitative estimate of drug-likeness (QED) is 0.288. The van der Waals surface area contributed by atoms with E-state index in [1.54, 1.807) is 33.7 Å². The summed E-state index contributed by atoms with van der Waals surface area (Å²) >= 11 is 6.30. The molecular formula is C32H28ClN9O. The number of aryl methyl sites for hydroxylation is 1. The largest absolute Gasteiger partial charge is 0.351 e. The predicted molar refractivity (Wildman–Crippen MR) is 162 cm³/mol. The van der Waals surface area contributed by atoms with Gasteiger partial charge in [-0.1, -0.05) is 11.6 Å². The predicted octanol–water partition coefficient (Wildman–Crippen LogP) is 5.49. The summed E-state index contributed by atoms with van der Waals surface area (Å²) in [6, 6.07) is 12.5. The number of pyridine rings is 3. The molecule has 9 rings (SSSR count). The van der Waals surface area contributed by atoms with Crippen molar-refractivity contribution in [3.05, 3.63) is 78.1 Å². The molecule has 0 aromatic carbocycles. The van der Waals surface area contributed by atoms with Crippen molar-refractivity contribution in [3.8, 4) is 28.3 Å². The van der Waals surface area contributed by atoms with Gasteiger partial charge in [0.1, 0.15) is 11.9 Å². The first-order valence-corrected chi connectivity index (χ1v) is 14.9. The van der Waals surface area contributed by atoms with Gasteiger partial charge in [-0.2, -0.15) is 15.5 Å². The lowest BCUT2D eigenvalue weighted by Crippen LogP contribution is -2.64. The van der Waals surface area contributed by atoms with Crippen LogP contribution in [0.15, 0.2) is 67.5 Å². The fourth-order valence-corrected chi connectivity index (χ4v) is 8.01. The molecule has 4 atom stereocenters. The highest BCUT2D eigenvalue weighted by molar-refractivity contribution is 6.33. The number of piperidine rings is 2. The number of aromatic nitrogens is 6. The first-order chi connectivity index (χ1) is 20.9. The smallest absolute Gasteiger partial charge is 0.231 e. The standard InChI is InChI=1S/C32H28ClN9O/c1-40-17-23(16-37-40)21-9-26(29-22(13-34)15-38-41(29)18-21)20-4-5-28(36-14-20)42-24-7-19-8-25(42)12-32(10-19,11-24)31(43)39-30-27(33)3-2-6-35-30/h2-6,9,14-19,24-25H,7-8,10-12H2,1H3,(H,35,39,43)/t19-,24-,25+,32-. The Bertz CT molecular complexity index is 1920. The van der Waals surface area contributed by atoms with Crippen LogP contribution in [0.4, 0.5) is 11.6 Å². The molecule has 1 amide bonds. The van der Waals surface area contributed by atoms with Gasteiger partial charge in [-0.05, 0) is 68.4 Å². The highest BCUT2D eigenvalue weighted by Crippen LogP contribution is 2.57. The summed E-state index contributed by atoms with van der Waals surface area (Å²) in [6.45, 7) is 0. The minimum Gasteiger partial charge on any atom is -0.351 e. The van der Waals surface area contributed by atoms with Crippen LogP contribution in [0.2, 0.25) is 5.02 Å². The molecule has 2 saturated heterocycles.